The van der Waals surface area contributed by atoms with E-state index in [-0.39, 0.29) is 6.42 Å². The molecule has 70 valence electrons. The molecule has 1 fully saturated rings. The van der Waals surface area contributed by atoms with Gasteiger partial charge in [-0.1, -0.05) is 0 Å². The third-order valence-electron chi connectivity index (χ3n) is 1.55. The van der Waals surface area contributed by atoms with Crippen LogP contribution in [-0.2, 0) is 9.53 Å². The van der Waals surface area contributed by atoms with E-state index < -0.39 is 22.6 Å². The smallest absolute Gasteiger partial charge is 0.330 e. The number of hydrogen-bond acceptors (Lipinski definition) is 2. The van der Waals surface area contributed by atoms with Crippen molar-refractivity contribution in [1.82, 2.24) is 0 Å². The largest absolute Gasteiger partial charge is 0.459 e. The highest BCUT2D eigenvalue weighted by Gasteiger charge is 2.62. The van der Waals surface area contributed by atoms with E-state index in [0.29, 0.717) is 0 Å². The van der Waals surface area contributed by atoms with E-state index in [1.807, 2.05) is 0 Å². The molecule has 1 rings (SSSR count). The van der Waals surface area contributed by atoms with Crippen molar-refractivity contribution in [1.29, 1.82) is 0 Å². The van der Waals surface area contributed by atoms with E-state index in [1.54, 1.807) is 20.8 Å². The third kappa shape index (κ3) is 1.89. The Kier molecular flexibility index (Phi) is 2.11. The zero-order valence-corrected chi connectivity index (χ0v) is 8.11. The Morgan fingerprint density at radius 2 is 2.08 bits per heavy atom. The molecule has 4 heteroatoms. The van der Waals surface area contributed by atoms with E-state index >= 15 is 0 Å². The molecule has 0 heterocycles. The Hall–Kier alpha value is -0.310. The zero-order chi connectivity index (χ0) is 9.57. The van der Waals surface area contributed by atoms with Crippen molar-refractivity contribution in [2.75, 3.05) is 0 Å². The molecule has 0 aromatic carbocycles. The van der Waals surface area contributed by atoms with Gasteiger partial charge in [-0.3, -0.25) is 4.79 Å². The molecule has 2 atom stereocenters. The predicted molar refractivity (Wildman–Crippen MR) is 43.9 cm³/mol. The molecule has 0 aromatic rings. The fraction of sp³-hybridized carbons (Fsp3) is 0.875. The minimum atomic E-state index is -1.38. The fourth-order valence-electron chi connectivity index (χ4n) is 0.776. The maximum atomic E-state index is 12.6. The van der Waals surface area contributed by atoms with Gasteiger partial charge in [0.25, 0.3) is 0 Å². The number of esters is 1. The highest BCUT2D eigenvalue weighted by atomic mass is 35.5. The monoisotopic (exact) mass is 194 g/mol. The van der Waals surface area contributed by atoms with Crippen molar-refractivity contribution in [3.05, 3.63) is 0 Å². The average Bonchev–Trinajstić information content (AvgIpc) is 2.37. The number of carbonyl (C=O) groups is 1. The lowest BCUT2D eigenvalue weighted by atomic mass is 10.2. The molecule has 1 aliphatic carbocycles. The van der Waals surface area contributed by atoms with Gasteiger partial charge >= 0.3 is 5.97 Å². The van der Waals surface area contributed by atoms with Crippen LogP contribution in [0.2, 0.25) is 0 Å². The fourth-order valence-corrected chi connectivity index (χ4v) is 0.950. The summed E-state index contributed by atoms with van der Waals surface area (Å²) in [6.07, 6.45) is -1.17. The predicted octanol–water partition coefficient (Wildman–Crippen LogP) is 2.05. The minimum absolute atomic E-state index is 0.0729. The standard InChI is InChI=1S/C8H12ClFO2/c1-7(2,3)12-6(11)8(9)4-5(8)10/h5H,4H2,1-3H3/t5-,8-/m1/s1. The van der Waals surface area contributed by atoms with Crippen LogP contribution in [0, 0.1) is 0 Å². The Bertz CT molecular complexity index is 212. The van der Waals surface area contributed by atoms with Gasteiger partial charge in [0.2, 0.25) is 0 Å². The first-order chi connectivity index (χ1) is 5.26. The number of rotatable bonds is 1. The summed E-state index contributed by atoms with van der Waals surface area (Å²) < 4.78 is 17.5. The second-order valence-corrected chi connectivity index (χ2v) is 4.71. The van der Waals surface area contributed by atoms with Crippen LogP contribution in [0.5, 0.6) is 0 Å². The van der Waals surface area contributed by atoms with Crippen molar-refractivity contribution >= 4 is 17.6 Å². The molecule has 0 saturated heterocycles. The number of ether oxygens (including phenoxy) is 1. The molecule has 0 bridgehead atoms. The molecule has 0 amide bonds. The highest BCUT2D eigenvalue weighted by Crippen LogP contribution is 2.47. The van der Waals surface area contributed by atoms with Crippen LogP contribution in [0.25, 0.3) is 0 Å². The summed E-state index contributed by atoms with van der Waals surface area (Å²) in [6.45, 7) is 5.17. The number of hydrogen-bond donors (Lipinski definition) is 0. The van der Waals surface area contributed by atoms with Gasteiger partial charge in [-0.25, -0.2) is 4.39 Å². The van der Waals surface area contributed by atoms with Crippen LogP contribution in [0.3, 0.4) is 0 Å². The van der Waals surface area contributed by atoms with E-state index in [2.05, 4.69) is 0 Å². The third-order valence-corrected chi connectivity index (χ3v) is 2.10. The summed E-state index contributed by atoms with van der Waals surface area (Å²) in [5.74, 6) is -0.649. The van der Waals surface area contributed by atoms with Crippen molar-refractivity contribution in [2.45, 2.75) is 43.8 Å². The molecule has 0 radical (unpaired) electrons. The number of alkyl halides is 2. The van der Waals surface area contributed by atoms with E-state index in [0.717, 1.165) is 0 Å². The molecule has 2 nitrogen and oxygen atoms in total. The Morgan fingerprint density at radius 3 is 2.33 bits per heavy atom. The molecular weight excluding hydrogens is 183 g/mol. The van der Waals surface area contributed by atoms with Gasteiger partial charge in [-0.15, -0.1) is 11.6 Å². The topological polar surface area (TPSA) is 26.3 Å². The second kappa shape index (κ2) is 2.59. The maximum absolute atomic E-state index is 12.6. The van der Waals surface area contributed by atoms with Crippen molar-refractivity contribution < 1.29 is 13.9 Å². The summed E-state index contributed by atoms with van der Waals surface area (Å²) in [4.78, 5) is 9.78. The van der Waals surface area contributed by atoms with Crippen LogP contribution < -0.4 is 0 Å². The van der Waals surface area contributed by atoms with E-state index in [9.17, 15) is 9.18 Å². The van der Waals surface area contributed by atoms with Crippen LogP contribution in [0.4, 0.5) is 4.39 Å². The molecular formula is C8H12ClFO2. The SMILES string of the molecule is CC(C)(C)OC(=O)[C@@]1(Cl)C[C@H]1F. The second-order valence-electron chi connectivity index (χ2n) is 4.04. The summed E-state index contributed by atoms with van der Waals surface area (Å²) in [5, 5.41) is 0. The van der Waals surface area contributed by atoms with Gasteiger partial charge < -0.3 is 4.74 Å². The van der Waals surface area contributed by atoms with Crippen molar-refractivity contribution in [2.24, 2.45) is 0 Å². The Labute approximate surface area is 76.0 Å². The molecule has 1 saturated carbocycles. The summed E-state index contributed by atoms with van der Waals surface area (Å²) in [6, 6.07) is 0. The lowest BCUT2D eigenvalue weighted by molar-refractivity contribution is -0.155. The molecule has 0 unspecified atom stereocenters. The number of carbonyl (C=O) groups excluding carboxylic acids is 1. The van der Waals surface area contributed by atoms with Crippen molar-refractivity contribution in [3.8, 4) is 0 Å². The van der Waals surface area contributed by atoms with Gasteiger partial charge in [-0.2, -0.15) is 0 Å². The molecule has 0 N–H and O–H groups in total. The van der Waals surface area contributed by atoms with Gasteiger partial charge in [0.15, 0.2) is 4.87 Å². The lowest BCUT2D eigenvalue weighted by Gasteiger charge is -2.21. The van der Waals surface area contributed by atoms with Crippen LogP contribution >= 0.6 is 11.6 Å². The minimum Gasteiger partial charge on any atom is -0.459 e. The normalized spacial score (nSPS) is 34.6. The van der Waals surface area contributed by atoms with Crippen LogP contribution in [-0.4, -0.2) is 22.6 Å². The lowest BCUT2D eigenvalue weighted by Crippen LogP contribution is -2.31. The Morgan fingerprint density at radius 1 is 1.67 bits per heavy atom. The van der Waals surface area contributed by atoms with Crippen molar-refractivity contribution in [3.63, 3.8) is 0 Å². The van der Waals surface area contributed by atoms with Crippen LogP contribution in [0.15, 0.2) is 0 Å². The van der Waals surface area contributed by atoms with Gasteiger partial charge in [0.1, 0.15) is 11.8 Å². The first kappa shape index (κ1) is 9.78. The molecule has 1 aliphatic rings. The number of halogens is 2. The average molecular weight is 195 g/mol. The van der Waals surface area contributed by atoms with Gasteiger partial charge in [-0.05, 0) is 20.8 Å². The maximum Gasteiger partial charge on any atom is 0.330 e. The van der Waals surface area contributed by atoms with E-state index in [4.69, 9.17) is 16.3 Å². The zero-order valence-electron chi connectivity index (χ0n) is 7.36. The molecule has 0 aromatic heterocycles. The van der Waals surface area contributed by atoms with E-state index in [1.165, 1.54) is 0 Å². The molecule has 12 heavy (non-hydrogen) atoms. The summed E-state index contributed by atoms with van der Waals surface area (Å²) in [7, 11) is 0. The summed E-state index contributed by atoms with van der Waals surface area (Å²) >= 11 is 5.60. The first-order valence-electron chi connectivity index (χ1n) is 3.82. The quantitative estimate of drug-likeness (QED) is 0.472. The van der Waals surface area contributed by atoms with Gasteiger partial charge in [0, 0.05) is 6.42 Å². The highest BCUT2D eigenvalue weighted by molar-refractivity contribution is 6.37. The van der Waals surface area contributed by atoms with Crippen LogP contribution in [0.1, 0.15) is 27.2 Å². The summed E-state index contributed by atoms with van der Waals surface area (Å²) in [5.41, 5.74) is -0.596. The Balaban J connectivity index is 2.51. The molecule has 0 aliphatic heterocycles. The molecule has 0 spiro atoms. The first-order valence-corrected chi connectivity index (χ1v) is 4.20. The van der Waals surface area contributed by atoms with Gasteiger partial charge in [0.05, 0.1) is 0 Å².